The second-order valence-corrected chi connectivity index (χ2v) is 6.23. The summed E-state index contributed by atoms with van der Waals surface area (Å²) < 4.78 is 3.49. The van der Waals surface area contributed by atoms with Crippen LogP contribution in [0.1, 0.15) is 18.1 Å². The van der Waals surface area contributed by atoms with Crippen molar-refractivity contribution < 1.29 is 4.74 Å². The second kappa shape index (κ2) is 6.67. The Morgan fingerprint density at radius 1 is 1.33 bits per heavy atom. The van der Waals surface area contributed by atoms with Crippen LogP contribution < -0.4 is 0 Å². The van der Waals surface area contributed by atoms with Crippen LogP contribution >= 0.6 is 46.4 Å². The first-order valence-electron chi connectivity index (χ1n) is 5.03. The van der Waals surface area contributed by atoms with E-state index in [-0.39, 0.29) is 0 Å². The van der Waals surface area contributed by atoms with Crippen LogP contribution in [0.25, 0.3) is 0 Å². The molecule has 1 rings (SSSR count). The van der Waals surface area contributed by atoms with Crippen LogP contribution in [-0.2, 0) is 4.74 Å². The zero-order valence-electron chi connectivity index (χ0n) is 9.30. The molecule has 0 amide bonds. The molecule has 0 saturated heterocycles. The largest absolute Gasteiger partial charge is 0.470 e. The molecule has 0 bridgehead atoms. The van der Waals surface area contributed by atoms with Gasteiger partial charge < -0.3 is 4.74 Å². The van der Waals surface area contributed by atoms with E-state index < -0.39 is 15.8 Å². The van der Waals surface area contributed by atoms with Crippen molar-refractivity contribution in [2.24, 2.45) is 0 Å². The first kappa shape index (κ1) is 15.6. The zero-order valence-corrected chi connectivity index (χ0v) is 12.3. The molecule has 1 unspecified atom stereocenters. The van der Waals surface area contributed by atoms with Gasteiger partial charge in [-0.25, -0.2) is 0 Å². The third kappa shape index (κ3) is 4.69. The molecule has 0 fully saturated rings. The third-order valence-electron chi connectivity index (χ3n) is 2.14. The number of nitrogens with one attached hydrogen (secondary N) is 1. The van der Waals surface area contributed by atoms with Crippen molar-refractivity contribution in [2.45, 2.75) is 16.3 Å². The predicted molar refractivity (Wildman–Crippen MR) is 78.1 cm³/mol. The Morgan fingerprint density at radius 2 is 1.89 bits per heavy atom. The first-order valence-corrected chi connectivity index (χ1v) is 6.54. The fraction of sp³-hybridized carbons (Fsp3) is 0.250. The van der Waals surface area contributed by atoms with Crippen LogP contribution in [0.3, 0.4) is 0 Å². The first-order chi connectivity index (χ1) is 8.34. The fourth-order valence-corrected chi connectivity index (χ4v) is 1.55. The Bertz CT molecular complexity index is 425. The predicted octanol–water partition coefficient (Wildman–Crippen LogP) is 5.32. The molecule has 1 N–H and O–H groups in total. The maximum Gasteiger partial charge on any atom is 0.265 e. The summed E-state index contributed by atoms with van der Waals surface area (Å²) in [4.78, 5) is 0. The van der Waals surface area contributed by atoms with Crippen molar-refractivity contribution in [1.29, 1.82) is 5.41 Å². The highest BCUT2D eigenvalue weighted by Crippen LogP contribution is 2.32. The number of hydrogen-bond donors (Lipinski definition) is 1. The number of halogens is 4. The summed E-state index contributed by atoms with van der Waals surface area (Å²) in [6.45, 7) is 3.64. The highest BCUT2D eigenvalue weighted by molar-refractivity contribution is 6.76. The molecular formula is C12H11Cl4NO. The van der Waals surface area contributed by atoms with Crippen molar-refractivity contribution in [1.82, 2.24) is 0 Å². The molecule has 2 nitrogen and oxygen atoms in total. The van der Waals surface area contributed by atoms with Crippen LogP contribution in [0.4, 0.5) is 0 Å². The Kier molecular flexibility index (Phi) is 5.80. The maximum absolute atomic E-state index is 7.56. The molecule has 0 saturated carbocycles. The number of hydrogen-bond acceptors (Lipinski definition) is 2. The summed E-state index contributed by atoms with van der Waals surface area (Å²) in [5.74, 6) is -0.422. The molecule has 6 heteroatoms. The number of alkyl halides is 3. The number of ether oxygens (including phenoxy) is 1. The monoisotopic (exact) mass is 325 g/mol. The normalized spacial score (nSPS) is 12.9. The highest BCUT2D eigenvalue weighted by atomic mass is 35.6. The van der Waals surface area contributed by atoms with Gasteiger partial charge in [0.25, 0.3) is 3.79 Å². The summed E-state index contributed by atoms with van der Waals surface area (Å²) in [6, 6.07) is 7.05. The summed E-state index contributed by atoms with van der Waals surface area (Å²) in [5.41, 5.74) is 0.832. The van der Waals surface area contributed by atoms with E-state index in [2.05, 4.69) is 6.58 Å². The summed E-state index contributed by atoms with van der Waals surface area (Å²) in [5, 5.41) is 8.18. The van der Waals surface area contributed by atoms with E-state index >= 15 is 0 Å². The van der Waals surface area contributed by atoms with Gasteiger partial charge in [0.05, 0.1) is 0 Å². The lowest BCUT2D eigenvalue weighted by Crippen LogP contribution is -2.23. The van der Waals surface area contributed by atoms with Crippen LogP contribution in [-0.4, -0.2) is 9.69 Å². The Labute approximate surface area is 126 Å². The average Bonchev–Trinajstić information content (AvgIpc) is 2.28. The van der Waals surface area contributed by atoms with Crippen molar-refractivity contribution in [3.63, 3.8) is 0 Å². The molecule has 0 heterocycles. The van der Waals surface area contributed by atoms with Gasteiger partial charge in [0.2, 0.25) is 5.90 Å². The van der Waals surface area contributed by atoms with Gasteiger partial charge in [-0.3, -0.25) is 5.41 Å². The summed E-state index contributed by atoms with van der Waals surface area (Å²) in [7, 11) is 0. The molecular weight excluding hydrogens is 316 g/mol. The minimum atomic E-state index is -1.87. The fourth-order valence-electron chi connectivity index (χ4n) is 1.29. The molecule has 0 aromatic heterocycles. The standard InChI is InChI=1S/C12H11Cl4NO/c1-2-3-10(18-11(17)12(14,15)16)8-4-6-9(13)7-5-8/h2,4-7,10,17H,1,3H2. The Hall–Kier alpha value is -0.410. The second-order valence-electron chi connectivity index (χ2n) is 3.51. The third-order valence-corrected chi connectivity index (χ3v) is 2.91. The topological polar surface area (TPSA) is 33.1 Å². The lowest BCUT2D eigenvalue weighted by Gasteiger charge is -2.21. The van der Waals surface area contributed by atoms with Gasteiger partial charge >= 0.3 is 0 Å². The quantitative estimate of drug-likeness (QED) is 0.345. The van der Waals surface area contributed by atoms with Crippen molar-refractivity contribution in [3.05, 3.63) is 47.5 Å². The molecule has 1 aromatic rings. The molecule has 0 aliphatic heterocycles. The van der Waals surface area contributed by atoms with E-state index in [0.29, 0.717) is 11.4 Å². The van der Waals surface area contributed by atoms with Gasteiger partial charge in [0, 0.05) is 11.4 Å². The van der Waals surface area contributed by atoms with Crippen LogP contribution in [0.15, 0.2) is 36.9 Å². The van der Waals surface area contributed by atoms with Crippen LogP contribution in [0.2, 0.25) is 5.02 Å². The summed E-state index contributed by atoms with van der Waals surface area (Å²) >= 11 is 22.5. The minimum absolute atomic E-state index is 0.422. The average molecular weight is 327 g/mol. The van der Waals surface area contributed by atoms with Gasteiger partial charge in [-0.05, 0) is 17.7 Å². The number of rotatable bonds is 4. The molecule has 98 valence electrons. The highest BCUT2D eigenvalue weighted by Gasteiger charge is 2.30. The van der Waals surface area contributed by atoms with Crippen molar-refractivity contribution in [3.8, 4) is 0 Å². The molecule has 0 spiro atoms. The van der Waals surface area contributed by atoms with E-state index in [0.717, 1.165) is 5.56 Å². The van der Waals surface area contributed by atoms with Gasteiger partial charge in [0.15, 0.2) is 0 Å². The maximum atomic E-state index is 7.56. The van der Waals surface area contributed by atoms with Crippen LogP contribution in [0.5, 0.6) is 0 Å². The summed E-state index contributed by atoms with van der Waals surface area (Å²) in [6.07, 6.45) is 1.73. The van der Waals surface area contributed by atoms with Crippen molar-refractivity contribution in [2.75, 3.05) is 0 Å². The lowest BCUT2D eigenvalue weighted by molar-refractivity contribution is 0.189. The van der Waals surface area contributed by atoms with Gasteiger partial charge in [-0.15, -0.1) is 6.58 Å². The molecule has 0 aliphatic rings. The van der Waals surface area contributed by atoms with E-state index in [1.807, 2.05) is 0 Å². The van der Waals surface area contributed by atoms with Crippen LogP contribution in [0, 0.1) is 5.41 Å². The Morgan fingerprint density at radius 3 is 2.33 bits per heavy atom. The number of benzene rings is 1. The lowest BCUT2D eigenvalue weighted by atomic mass is 10.1. The smallest absolute Gasteiger partial charge is 0.265 e. The Balaban J connectivity index is 2.86. The molecule has 18 heavy (non-hydrogen) atoms. The molecule has 0 aliphatic carbocycles. The molecule has 1 aromatic carbocycles. The van der Waals surface area contributed by atoms with Gasteiger partial charge in [-0.2, -0.15) is 0 Å². The van der Waals surface area contributed by atoms with E-state index in [1.54, 1.807) is 30.3 Å². The van der Waals surface area contributed by atoms with E-state index in [1.165, 1.54) is 0 Å². The molecule has 0 radical (unpaired) electrons. The van der Waals surface area contributed by atoms with Gasteiger partial charge in [0.1, 0.15) is 6.10 Å². The van der Waals surface area contributed by atoms with Gasteiger partial charge in [-0.1, -0.05) is 64.6 Å². The van der Waals surface area contributed by atoms with E-state index in [4.69, 9.17) is 56.5 Å². The SMILES string of the molecule is C=CCC(OC(=N)C(Cl)(Cl)Cl)c1ccc(Cl)cc1. The molecule has 1 atom stereocenters. The van der Waals surface area contributed by atoms with E-state index in [9.17, 15) is 0 Å². The zero-order chi connectivity index (χ0) is 13.8. The van der Waals surface area contributed by atoms with Crippen molar-refractivity contribution >= 4 is 52.3 Å². The minimum Gasteiger partial charge on any atom is -0.470 e.